The van der Waals surface area contributed by atoms with E-state index in [2.05, 4.69) is 0 Å². The summed E-state index contributed by atoms with van der Waals surface area (Å²) in [7, 11) is -3.94. The molecular weight excluding hydrogens is 273 g/mol. The summed E-state index contributed by atoms with van der Waals surface area (Å²) in [5, 5.41) is 9.46. The molecule has 0 amide bonds. The normalized spacial score (nSPS) is 14.3. The lowest BCUT2D eigenvalue weighted by atomic mass is 10.1. The van der Waals surface area contributed by atoms with Crippen LogP contribution in [0.15, 0.2) is 24.3 Å². The van der Waals surface area contributed by atoms with E-state index in [1.807, 2.05) is 0 Å². The number of halogens is 3. The Labute approximate surface area is 102 Å². The van der Waals surface area contributed by atoms with Crippen LogP contribution in [0.25, 0.3) is 0 Å². The molecule has 102 valence electrons. The van der Waals surface area contributed by atoms with Crippen molar-refractivity contribution >= 4 is 9.84 Å². The van der Waals surface area contributed by atoms with Crippen molar-refractivity contribution in [1.82, 2.24) is 0 Å². The smallest absolute Gasteiger partial charge is 0.497 e. The van der Waals surface area contributed by atoms with E-state index < -0.39 is 27.2 Å². The number of hydrogen-bond acceptors (Lipinski definition) is 4. The molecule has 0 aliphatic carbocycles. The third kappa shape index (κ3) is 3.36. The zero-order chi connectivity index (χ0) is 14.0. The zero-order valence-electron chi connectivity index (χ0n) is 9.31. The number of aliphatic hydroxyl groups excluding tert-OH is 1. The standard InChI is InChI=1S/C10H11F3O4S/c1-17-8-4-2-7(3-5-8)9(14)6-18(15,16)10(11,12)13/h2-5,9,14H,6H2,1H3. The first-order valence-corrected chi connectivity index (χ1v) is 6.43. The summed E-state index contributed by atoms with van der Waals surface area (Å²) < 4.78 is 62.9. The van der Waals surface area contributed by atoms with Crippen LogP contribution in [0, 0.1) is 0 Å². The molecule has 0 fully saturated rings. The first-order valence-electron chi connectivity index (χ1n) is 4.78. The second kappa shape index (κ2) is 5.15. The molecule has 1 unspecified atom stereocenters. The Balaban J connectivity index is 2.86. The van der Waals surface area contributed by atoms with Gasteiger partial charge >= 0.3 is 5.51 Å². The van der Waals surface area contributed by atoms with Gasteiger partial charge in [0.1, 0.15) is 5.75 Å². The minimum absolute atomic E-state index is 0.0728. The molecule has 0 aliphatic rings. The highest BCUT2D eigenvalue weighted by Crippen LogP contribution is 2.28. The van der Waals surface area contributed by atoms with Gasteiger partial charge in [0.05, 0.1) is 19.0 Å². The van der Waals surface area contributed by atoms with Crippen molar-refractivity contribution in [2.45, 2.75) is 11.6 Å². The molecule has 1 N–H and O–H groups in total. The SMILES string of the molecule is COc1ccc(C(O)CS(=O)(=O)C(F)(F)F)cc1. The van der Waals surface area contributed by atoms with Gasteiger partial charge in [0.15, 0.2) is 0 Å². The van der Waals surface area contributed by atoms with Gasteiger partial charge in [0.25, 0.3) is 9.84 Å². The molecule has 0 spiro atoms. The molecule has 1 aromatic rings. The summed E-state index contributed by atoms with van der Waals surface area (Å²) in [5.41, 5.74) is -5.29. The number of alkyl halides is 3. The van der Waals surface area contributed by atoms with E-state index in [-0.39, 0.29) is 5.56 Å². The fraction of sp³-hybridized carbons (Fsp3) is 0.400. The highest BCUT2D eigenvalue weighted by Gasteiger charge is 2.46. The van der Waals surface area contributed by atoms with Gasteiger partial charge < -0.3 is 9.84 Å². The van der Waals surface area contributed by atoms with Crippen molar-refractivity contribution in [2.24, 2.45) is 0 Å². The van der Waals surface area contributed by atoms with Crippen LogP contribution in [0.2, 0.25) is 0 Å². The van der Waals surface area contributed by atoms with E-state index in [0.29, 0.717) is 5.75 Å². The molecule has 0 saturated carbocycles. The van der Waals surface area contributed by atoms with E-state index >= 15 is 0 Å². The Bertz CT molecular complexity index is 493. The Morgan fingerprint density at radius 2 is 1.78 bits per heavy atom. The maximum Gasteiger partial charge on any atom is 0.497 e. The van der Waals surface area contributed by atoms with Crippen molar-refractivity contribution in [3.63, 3.8) is 0 Å². The number of ether oxygens (including phenoxy) is 1. The van der Waals surface area contributed by atoms with Gasteiger partial charge in [0.2, 0.25) is 0 Å². The number of rotatable bonds is 4. The molecule has 0 aromatic heterocycles. The monoisotopic (exact) mass is 284 g/mol. The van der Waals surface area contributed by atoms with E-state index in [4.69, 9.17) is 4.74 Å². The lowest BCUT2D eigenvalue weighted by Crippen LogP contribution is -2.29. The van der Waals surface area contributed by atoms with Crippen LogP contribution in [0.4, 0.5) is 13.2 Å². The van der Waals surface area contributed by atoms with Crippen molar-refractivity contribution in [3.8, 4) is 5.75 Å². The highest BCUT2D eigenvalue weighted by atomic mass is 32.2. The van der Waals surface area contributed by atoms with Crippen LogP contribution in [0.1, 0.15) is 11.7 Å². The summed E-state index contributed by atoms with van der Waals surface area (Å²) in [4.78, 5) is 0. The number of methoxy groups -OCH3 is 1. The second-order valence-electron chi connectivity index (χ2n) is 3.52. The van der Waals surface area contributed by atoms with Crippen LogP contribution < -0.4 is 4.74 Å². The van der Waals surface area contributed by atoms with E-state index in [1.54, 1.807) is 0 Å². The molecular formula is C10H11F3O4S. The van der Waals surface area contributed by atoms with Gasteiger partial charge in [-0.05, 0) is 17.7 Å². The predicted molar refractivity (Wildman–Crippen MR) is 57.8 cm³/mol. The quantitative estimate of drug-likeness (QED) is 0.913. The van der Waals surface area contributed by atoms with Gasteiger partial charge in [-0.2, -0.15) is 13.2 Å². The van der Waals surface area contributed by atoms with Gasteiger partial charge in [-0.3, -0.25) is 0 Å². The first kappa shape index (κ1) is 14.8. The van der Waals surface area contributed by atoms with Crippen LogP contribution in [0.5, 0.6) is 5.75 Å². The van der Waals surface area contributed by atoms with Crippen molar-refractivity contribution < 1.29 is 31.4 Å². The average Bonchev–Trinajstić information content (AvgIpc) is 2.27. The van der Waals surface area contributed by atoms with Crippen LogP contribution in [-0.2, 0) is 9.84 Å². The van der Waals surface area contributed by atoms with Gasteiger partial charge in [-0.25, -0.2) is 8.42 Å². The van der Waals surface area contributed by atoms with E-state index in [1.165, 1.54) is 31.4 Å². The van der Waals surface area contributed by atoms with Gasteiger partial charge in [-0.1, -0.05) is 12.1 Å². The summed E-state index contributed by atoms with van der Waals surface area (Å²) in [6.07, 6.45) is -1.73. The Morgan fingerprint density at radius 3 is 2.17 bits per heavy atom. The molecule has 1 atom stereocenters. The molecule has 0 radical (unpaired) electrons. The summed E-state index contributed by atoms with van der Waals surface area (Å²) in [5.74, 6) is -0.951. The first-order chi connectivity index (χ1) is 8.17. The summed E-state index contributed by atoms with van der Waals surface area (Å²) in [6, 6.07) is 5.43. The van der Waals surface area contributed by atoms with Gasteiger partial charge in [-0.15, -0.1) is 0 Å². The van der Waals surface area contributed by atoms with Crippen LogP contribution in [-0.4, -0.2) is 31.9 Å². The van der Waals surface area contributed by atoms with Crippen LogP contribution in [0.3, 0.4) is 0 Å². The molecule has 0 heterocycles. The van der Waals surface area contributed by atoms with Crippen molar-refractivity contribution in [2.75, 3.05) is 12.9 Å². The molecule has 18 heavy (non-hydrogen) atoms. The molecule has 1 aromatic carbocycles. The number of sulfone groups is 1. The number of benzene rings is 1. The molecule has 0 aliphatic heterocycles. The molecule has 1 rings (SSSR count). The fourth-order valence-corrected chi connectivity index (χ4v) is 2.02. The lowest BCUT2D eigenvalue weighted by molar-refractivity contribution is -0.0444. The van der Waals surface area contributed by atoms with Crippen LogP contribution >= 0.6 is 0 Å². The lowest BCUT2D eigenvalue weighted by Gasteiger charge is -2.13. The third-order valence-corrected chi connectivity index (χ3v) is 3.69. The topological polar surface area (TPSA) is 63.6 Å². The molecule has 4 nitrogen and oxygen atoms in total. The Hall–Kier alpha value is -1.28. The molecule has 8 heteroatoms. The largest absolute Gasteiger partial charge is 0.497 e. The number of hydrogen-bond donors (Lipinski definition) is 1. The fourth-order valence-electron chi connectivity index (χ4n) is 1.22. The predicted octanol–water partition coefficient (Wildman–Crippen LogP) is 1.66. The van der Waals surface area contributed by atoms with E-state index in [0.717, 1.165) is 0 Å². The average molecular weight is 284 g/mol. The van der Waals surface area contributed by atoms with Crippen molar-refractivity contribution in [1.29, 1.82) is 0 Å². The maximum atomic E-state index is 12.1. The van der Waals surface area contributed by atoms with Gasteiger partial charge in [0, 0.05) is 0 Å². The Morgan fingerprint density at radius 1 is 1.28 bits per heavy atom. The maximum absolute atomic E-state index is 12.1. The molecule has 0 saturated heterocycles. The molecule has 0 bridgehead atoms. The van der Waals surface area contributed by atoms with Crippen molar-refractivity contribution in [3.05, 3.63) is 29.8 Å². The zero-order valence-corrected chi connectivity index (χ0v) is 10.1. The Kier molecular flexibility index (Phi) is 4.23. The van der Waals surface area contributed by atoms with E-state index in [9.17, 15) is 26.7 Å². The second-order valence-corrected chi connectivity index (χ2v) is 5.54. The summed E-state index contributed by atoms with van der Waals surface area (Å²) >= 11 is 0. The highest BCUT2D eigenvalue weighted by molar-refractivity contribution is 7.92. The minimum Gasteiger partial charge on any atom is -0.497 e. The summed E-state index contributed by atoms with van der Waals surface area (Å²) in [6.45, 7) is 0. The number of aliphatic hydroxyl groups is 1. The minimum atomic E-state index is -5.36. The third-order valence-electron chi connectivity index (χ3n) is 2.23.